The van der Waals surface area contributed by atoms with Gasteiger partial charge in [0.25, 0.3) is 0 Å². The van der Waals surface area contributed by atoms with Crippen LogP contribution in [0.15, 0.2) is 42.5 Å². The number of aryl methyl sites for hydroxylation is 3. The highest BCUT2D eigenvalue weighted by Gasteiger charge is 2.22. The summed E-state index contributed by atoms with van der Waals surface area (Å²) in [6, 6.07) is 15.5. The van der Waals surface area contributed by atoms with Gasteiger partial charge in [-0.15, -0.1) is 0 Å². The number of benzene rings is 2. The molecule has 0 unspecified atom stereocenters. The van der Waals surface area contributed by atoms with Gasteiger partial charge in [0.2, 0.25) is 0 Å². The van der Waals surface area contributed by atoms with Gasteiger partial charge >= 0.3 is 0 Å². The summed E-state index contributed by atoms with van der Waals surface area (Å²) in [4.78, 5) is 2.41. The molecule has 1 aliphatic heterocycles. The van der Waals surface area contributed by atoms with Gasteiger partial charge in [0.1, 0.15) is 5.75 Å². The van der Waals surface area contributed by atoms with Crippen LogP contribution in [-0.2, 0) is 25.9 Å². The Bertz CT molecular complexity index is 908. The van der Waals surface area contributed by atoms with E-state index < -0.39 is 0 Å². The van der Waals surface area contributed by atoms with Crippen LogP contribution in [0.25, 0.3) is 10.9 Å². The van der Waals surface area contributed by atoms with Crippen LogP contribution < -0.4 is 4.74 Å². The van der Waals surface area contributed by atoms with E-state index >= 15 is 0 Å². The first-order valence-electron chi connectivity index (χ1n) is 9.58. The summed E-state index contributed by atoms with van der Waals surface area (Å²) in [5, 5.41) is 1.36. The quantitative estimate of drug-likeness (QED) is 0.671. The van der Waals surface area contributed by atoms with Crippen molar-refractivity contribution in [2.45, 2.75) is 39.3 Å². The molecule has 1 aliphatic rings. The zero-order valence-electron chi connectivity index (χ0n) is 16.1. The molecule has 0 saturated heterocycles. The average molecular weight is 348 g/mol. The van der Waals surface area contributed by atoms with Crippen LogP contribution in [0.5, 0.6) is 5.75 Å². The largest absolute Gasteiger partial charge is 0.497 e. The summed E-state index contributed by atoms with van der Waals surface area (Å²) >= 11 is 0. The number of methoxy groups -OCH3 is 1. The van der Waals surface area contributed by atoms with Gasteiger partial charge in [0, 0.05) is 42.7 Å². The first-order valence-corrected chi connectivity index (χ1v) is 9.58. The molecule has 136 valence electrons. The van der Waals surface area contributed by atoms with Crippen molar-refractivity contribution >= 4 is 10.9 Å². The fraction of sp³-hybridized carbons (Fsp3) is 0.391. The molecule has 0 radical (unpaired) electrons. The van der Waals surface area contributed by atoms with Crippen LogP contribution in [-0.4, -0.2) is 30.2 Å². The Balaban J connectivity index is 1.62. The maximum Gasteiger partial charge on any atom is 0.119 e. The predicted octanol–water partition coefficient (Wildman–Crippen LogP) is 4.58. The monoisotopic (exact) mass is 348 g/mol. The molecule has 0 fully saturated rings. The molecule has 26 heavy (non-hydrogen) atoms. The minimum atomic E-state index is 0.949. The Morgan fingerprint density at radius 1 is 1.08 bits per heavy atom. The third-order valence-electron chi connectivity index (χ3n) is 5.62. The smallest absolute Gasteiger partial charge is 0.119 e. The Labute approximate surface area is 156 Å². The molecule has 0 atom stereocenters. The van der Waals surface area contributed by atoms with E-state index in [-0.39, 0.29) is 0 Å². The normalized spacial score (nSPS) is 14.6. The van der Waals surface area contributed by atoms with Gasteiger partial charge in [-0.1, -0.05) is 29.8 Å². The Morgan fingerprint density at radius 2 is 1.88 bits per heavy atom. The molecule has 4 rings (SSSR count). The Hall–Kier alpha value is -2.26. The standard InChI is InChI=1S/C23H28N2O/c1-17-6-8-18(9-7-17)5-4-13-25-22-11-10-19(26-3)15-20(22)21-16-24(2)14-12-23(21)25/h6-11,15H,4-5,12-14,16H2,1-3H3. The number of hydrogen-bond donors (Lipinski definition) is 0. The van der Waals surface area contributed by atoms with Gasteiger partial charge in [0.05, 0.1) is 7.11 Å². The lowest BCUT2D eigenvalue weighted by Gasteiger charge is -2.24. The van der Waals surface area contributed by atoms with Crippen molar-refractivity contribution < 1.29 is 4.74 Å². The second kappa shape index (κ2) is 7.16. The third kappa shape index (κ3) is 3.24. The van der Waals surface area contributed by atoms with E-state index in [1.807, 2.05) is 0 Å². The molecule has 0 aliphatic carbocycles. The number of aromatic nitrogens is 1. The molecule has 0 spiro atoms. The summed E-state index contributed by atoms with van der Waals surface area (Å²) in [6.07, 6.45) is 3.43. The van der Waals surface area contributed by atoms with Crippen molar-refractivity contribution in [2.24, 2.45) is 0 Å². The molecule has 3 heteroatoms. The highest BCUT2D eigenvalue weighted by molar-refractivity contribution is 5.87. The number of likely N-dealkylation sites (N-methyl/N-ethyl adjacent to an activating group) is 1. The van der Waals surface area contributed by atoms with Gasteiger partial charge < -0.3 is 14.2 Å². The molecule has 0 N–H and O–H groups in total. The maximum absolute atomic E-state index is 5.48. The van der Waals surface area contributed by atoms with E-state index in [1.54, 1.807) is 7.11 Å². The van der Waals surface area contributed by atoms with E-state index in [4.69, 9.17) is 4.74 Å². The number of ether oxygens (including phenoxy) is 1. The highest BCUT2D eigenvalue weighted by atomic mass is 16.5. The van der Waals surface area contributed by atoms with E-state index in [0.717, 1.165) is 38.2 Å². The maximum atomic E-state index is 5.48. The highest BCUT2D eigenvalue weighted by Crippen LogP contribution is 2.33. The predicted molar refractivity (Wildman–Crippen MR) is 108 cm³/mol. The van der Waals surface area contributed by atoms with E-state index in [9.17, 15) is 0 Å². The first kappa shape index (κ1) is 17.2. The van der Waals surface area contributed by atoms with Crippen LogP contribution in [0.3, 0.4) is 0 Å². The van der Waals surface area contributed by atoms with Crippen LogP contribution in [0.4, 0.5) is 0 Å². The van der Waals surface area contributed by atoms with Gasteiger partial charge in [-0.2, -0.15) is 0 Å². The minimum Gasteiger partial charge on any atom is -0.497 e. The van der Waals surface area contributed by atoms with Crippen molar-refractivity contribution in [1.82, 2.24) is 9.47 Å². The van der Waals surface area contributed by atoms with Crippen LogP contribution in [0, 0.1) is 6.92 Å². The molecule has 2 heterocycles. The van der Waals surface area contributed by atoms with Crippen molar-refractivity contribution in [3.05, 3.63) is 64.8 Å². The second-order valence-corrected chi connectivity index (χ2v) is 7.54. The van der Waals surface area contributed by atoms with Gasteiger partial charge in [-0.3, -0.25) is 0 Å². The van der Waals surface area contributed by atoms with E-state index in [1.165, 1.54) is 39.7 Å². The lowest BCUT2D eigenvalue weighted by Crippen LogP contribution is -2.27. The molecular weight excluding hydrogens is 320 g/mol. The molecule has 0 saturated carbocycles. The molecular formula is C23H28N2O. The molecule has 0 amide bonds. The third-order valence-corrected chi connectivity index (χ3v) is 5.62. The topological polar surface area (TPSA) is 17.4 Å². The SMILES string of the molecule is COc1ccc2c(c1)c1c(n2CCCc2ccc(C)cc2)CCN(C)C1. The van der Waals surface area contributed by atoms with E-state index in [0.29, 0.717) is 0 Å². The average Bonchev–Trinajstić information content (AvgIpc) is 2.96. The number of fused-ring (bicyclic) bond motifs is 3. The Kier molecular flexibility index (Phi) is 4.73. The summed E-state index contributed by atoms with van der Waals surface area (Å²) in [5.74, 6) is 0.949. The first-order chi connectivity index (χ1) is 12.7. The minimum absolute atomic E-state index is 0.949. The fourth-order valence-corrected chi connectivity index (χ4v) is 4.14. The summed E-state index contributed by atoms with van der Waals surface area (Å²) in [5.41, 5.74) is 7.13. The summed E-state index contributed by atoms with van der Waals surface area (Å²) in [7, 11) is 3.96. The van der Waals surface area contributed by atoms with Crippen LogP contribution >= 0.6 is 0 Å². The number of hydrogen-bond acceptors (Lipinski definition) is 2. The number of rotatable bonds is 5. The lowest BCUT2D eigenvalue weighted by atomic mass is 10.0. The van der Waals surface area contributed by atoms with Crippen molar-refractivity contribution in [3.63, 3.8) is 0 Å². The summed E-state index contributed by atoms with van der Waals surface area (Å²) in [6.45, 7) is 5.39. The van der Waals surface area contributed by atoms with E-state index in [2.05, 4.69) is 65.9 Å². The lowest BCUT2D eigenvalue weighted by molar-refractivity contribution is 0.309. The zero-order chi connectivity index (χ0) is 18.1. The van der Waals surface area contributed by atoms with Gasteiger partial charge in [-0.25, -0.2) is 0 Å². The second-order valence-electron chi connectivity index (χ2n) is 7.54. The van der Waals surface area contributed by atoms with Crippen LogP contribution in [0.2, 0.25) is 0 Å². The van der Waals surface area contributed by atoms with Crippen LogP contribution in [0.1, 0.15) is 28.8 Å². The van der Waals surface area contributed by atoms with Crippen molar-refractivity contribution in [3.8, 4) is 5.75 Å². The van der Waals surface area contributed by atoms with Crippen molar-refractivity contribution in [1.29, 1.82) is 0 Å². The van der Waals surface area contributed by atoms with Crippen molar-refractivity contribution in [2.75, 3.05) is 20.7 Å². The molecule has 1 aromatic heterocycles. The fourth-order valence-electron chi connectivity index (χ4n) is 4.14. The molecule has 3 aromatic rings. The molecule has 3 nitrogen and oxygen atoms in total. The van der Waals surface area contributed by atoms with Gasteiger partial charge in [0.15, 0.2) is 0 Å². The van der Waals surface area contributed by atoms with Gasteiger partial charge in [-0.05, 0) is 56.1 Å². The number of nitrogens with zero attached hydrogens (tertiary/aromatic N) is 2. The molecule has 0 bridgehead atoms. The summed E-state index contributed by atoms with van der Waals surface area (Å²) < 4.78 is 8.04. The zero-order valence-corrected chi connectivity index (χ0v) is 16.1. The molecule has 2 aromatic carbocycles. The Morgan fingerprint density at radius 3 is 2.65 bits per heavy atom.